The van der Waals surface area contributed by atoms with Crippen molar-refractivity contribution in [2.45, 2.75) is 25.4 Å². The van der Waals surface area contributed by atoms with E-state index in [0.717, 1.165) is 11.3 Å². The van der Waals surface area contributed by atoms with Crippen LogP contribution in [0.2, 0.25) is 0 Å². The normalized spacial score (nSPS) is 20.7. The number of para-hydroxylation sites is 1. The van der Waals surface area contributed by atoms with Crippen LogP contribution in [0, 0.1) is 6.92 Å². The van der Waals surface area contributed by atoms with Crippen molar-refractivity contribution >= 4 is 5.91 Å². The van der Waals surface area contributed by atoms with Crippen LogP contribution < -0.4 is 4.74 Å². The van der Waals surface area contributed by atoms with Gasteiger partial charge in [-0.05, 0) is 37.5 Å². The Balaban J connectivity index is 1.66. The van der Waals surface area contributed by atoms with Crippen molar-refractivity contribution in [3.05, 3.63) is 54.1 Å². The number of β-amino-alcohol motifs (C(OH)–C–C–N with tert-alkyl or cyclic N) is 1. The van der Waals surface area contributed by atoms with Crippen LogP contribution in [0.15, 0.2) is 42.7 Å². The third kappa shape index (κ3) is 3.71. The van der Waals surface area contributed by atoms with Gasteiger partial charge in [0, 0.05) is 18.9 Å². The topological polar surface area (TPSA) is 75.6 Å². The van der Waals surface area contributed by atoms with Crippen molar-refractivity contribution in [3.8, 4) is 5.75 Å². The second kappa shape index (κ2) is 6.97. The number of piperidine rings is 1. The number of aliphatic hydroxyl groups is 1. The van der Waals surface area contributed by atoms with E-state index in [4.69, 9.17) is 4.74 Å². The molecule has 1 atom stereocenters. The molecular formula is C18H21N3O3. The summed E-state index contributed by atoms with van der Waals surface area (Å²) in [4.78, 5) is 22.0. The maximum Gasteiger partial charge on any atom is 0.291 e. The Kier molecular flexibility index (Phi) is 4.76. The molecule has 126 valence electrons. The van der Waals surface area contributed by atoms with Gasteiger partial charge in [0.1, 0.15) is 18.0 Å². The largest absolute Gasteiger partial charge is 0.490 e. The predicted molar refractivity (Wildman–Crippen MR) is 88.8 cm³/mol. The van der Waals surface area contributed by atoms with Crippen molar-refractivity contribution in [1.29, 1.82) is 0 Å². The number of aromatic nitrogens is 2. The Hall–Kier alpha value is -2.47. The number of rotatable bonds is 4. The zero-order valence-electron chi connectivity index (χ0n) is 13.7. The molecular weight excluding hydrogens is 306 g/mol. The average Bonchev–Trinajstić information content (AvgIpc) is 2.61. The van der Waals surface area contributed by atoms with E-state index < -0.39 is 5.60 Å². The highest BCUT2D eigenvalue weighted by Gasteiger charge is 2.37. The number of carbonyl (C=O) groups is 1. The third-order valence-corrected chi connectivity index (χ3v) is 4.19. The van der Waals surface area contributed by atoms with Crippen LogP contribution in [0.25, 0.3) is 0 Å². The molecule has 1 aromatic carbocycles. The van der Waals surface area contributed by atoms with E-state index >= 15 is 0 Å². The van der Waals surface area contributed by atoms with Crippen LogP contribution in [0.4, 0.5) is 0 Å². The molecule has 6 heteroatoms. The first-order valence-electron chi connectivity index (χ1n) is 8.04. The predicted octanol–water partition coefficient (Wildman–Crippen LogP) is 1.83. The van der Waals surface area contributed by atoms with E-state index in [9.17, 15) is 9.90 Å². The first-order chi connectivity index (χ1) is 11.6. The number of aryl methyl sites for hydroxylation is 1. The second-order valence-electron chi connectivity index (χ2n) is 6.18. The fraction of sp³-hybridized carbons (Fsp3) is 0.389. The molecule has 0 unspecified atom stereocenters. The quantitative estimate of drug-likeness (QED) is 0.927. The molecule has 0 aliphatic carbocycles. The SMILES string of the molecule is Cc1ccccc1OC[C@]1(O)CCCN(C(=O)c2ncccn2)C1. The molecule has 1 aromatic heterocycles. The van der Waals surface area contributed by atoms with Gasteiger partial charge in [-0.3, -0.25) is 4.79 Å². The molecule has 1 aliphatic rings. The van der Waals surface area contributed by atoms with E-state index in [1.165, 1.54) is 12.4 Å². The lowest BCUT2D eigenvalue weighted by atomic mass is 9.93. The van der Waals surface area contributed by atoms with Gasteiger partial charge < -0.3 is 14.7 Å². The fourth-order valence-electron chi connectivity index (χ4n) is 2.88. The molecule has 1 amide bonds. The lowest BCUT2D eigenvalue weighted by Gasteiger charge is -2.38. The minimum atomic E-state index is -1.06. The maximum atomic E-state index is 12.5. The molecule has 6 nitrogen and oxygen atoms in total. The van der Waals surface area contributed by atoms with Gasteiger partial charge in [0.05, 0.1) is 6.54 Å². The van der Waals surface area contributed by atoms with Gasteiger partial charge in [-0.15, -0.1) is 0 Å². The molecule has 0 spiro atoms. The molecule has 2 heterocycles. The molecule has 3 rings (SSSR count). The van der Waals surface area contributed by atoms with Crippen molar-refractivity contribution in [1.82, 2.24) is 14.9 Å². The summed E-state index contributed by atoms with van der Waals surface area (Å²) >= 11 is 0. The summed E-state index contributed by atoms with van der Waals surface area (Å²) in [7, 11) is 0. The summed E-state index contributed by atoms with van der Waals surface area (Å²) < 4.78 is 5.79. The van der Waals surface area contributed by atoms with Gasteiger partial charge in [-0.25, -0.2) is 9.97 Å². The summed E-state index contributed by atoms with van der Waals surface area (Å²) in [5, 5.41) is 10.8. The highest BCUT2D eigenvalue weighted by molar-refractivity contribution is 5.90. The zero-order chi connectivity index (χ0) is 17.0. The number of nitrogens with zero attached hydrogens (tertiary/aromatic N) is 3. The van der Waals surface area contributed by atoms with Crippen molar-refractivity contribution in [3.63, 3.8) is 0 Å². The van der Waals surface area contributed by atoms with Gasteiger partial charge in [-0.2, -0.15) is 0 Å². The Morgan fingerprint density at radius 3 is 2.79 bits per heavy atom. The Labute approximate surface area is 141 Å². The van der Waals surface area contributed by atoms with Crippen molar-refractivity contribution in [2.75, 3.05) is 19.7 Å². The first kappa shape index (κ1) is 16.4. The van der Waals surface area contributed by atoms with Crippen LogP contribution in [-0.2, 0) is 0 Å². The molecule has 0 saturated carbocycles. The van der Waals surface area contributed by atoms with Gasteiger partial charge >= 0.3 is 0 Å². The number of ether oxygens (including phenoxy) is 1. The van der Waals surface area contributed by atoms with E-state index in [-0.39, 0.29) is 24.9 Å². The van der Waals surface area contributed by atoms with Crippen LogP contribution in [0.3, 0.4) is 0 Å². The van der Waals surface area contributed by atoms with Gasteiger partial charge in [0.25, 0.3) is 5.91 Å². The third-order valence-electron chi connectivity index (χ3n) is 4.19. The number of amides is 1. The molecule has 0 bridgehead atoms. The van der Waals surface area contributed by atoms with Gasteiger partial charge in [0.15, 0.2) is 0 Å². The minimum absolute atomic E-state index is 0.150. The van der Waals surface area contributed by atoms with Crippen molar-refractivity contribution in [2.24, 2.45) is 0 Å². The van der Waals surface area contributed by atoms with Crippen LogP contribution in [0.1, 0.15) is 29.0 Å². The van der Waals surface area contributed by atoms with E-state index in [1.807, 2.05) is 31.2 Å². The molecule has 1 saturated heterocycles. The highest BCUT2D eigenvalue weighted by Crippen LogP contribution is 2.25. The number of hydrogen-bond acceptors (Lipinski definition) is 5. The van der Waals surface area contributed by atoms with Gasteiger partial charge in [0.2, 0.25) is 5.82 Å². The highest BCUT2D eigenvalue weighted by atomic mass is 16.5. The fourth-order valence-corrected chi connectivity index (χ4v) is 2.88. The molecule has 24 heavy (non-hydrogen) atoms. The number of benzene rings is 1. The number of hydrogen-bond donors (Lipinski definition) is 1. The van der Waals surface area contributed by atoms with Gasteiger partial charge in [-0.1, -0.05) is 18.2 Å². The summed E-state index contributed by atoms with van der Waals surface area (Å²) in [6.45, 7) is 2.92. The zero-order valence-corrected chi connectivity index (χ0v) is 13.7. The Bertz CT molecular complexity index is 708. The second-order valence-corrected chi connectivity index (χ2v) is 6.18. The Morgan fingerprint density at radius 2 is 2.04 bits per heavy atom. The number of likely N-dealkylation sites (tertiary alicyclic amines) is 1. The van der Waals surface area contributed by atoms with Crippen molar-refractivity contribution < 1.29 is 14.6 Å². The summed E-state index contributed by atoms with van der Waals surface area (Å²) in [5.74, 6) is 0.645. The first-order valence-corrected chi connectivity index (χ1v) is 8.04. The van der Waals surface area contributed by atoms with E-state index in [1.54, 1.807) is 11.0 Å². The van der Waals surface area contributed by atoms with E-state index in [2.05, 4.69) is 9.97 Å². The summed E-state index contributed by atoms with van der Waals surface area (Å²) in [6, 6.07) is 9.35. The van der Waals surface area contributed by atoms with Crippen LogP contribution in [-0.4, -0.2) is 51.2 Å². The van der Waals surface area contributed by atoms with E-state index in [0.29, 0.717) is 19.4 Å². The van der Waals surface area contributed by atoms with Crippen LogP contribution >= 0.6 is 0 Å². The lowest BCUT2D eigenvalue weighted by molar-refractivity contribution is -0.0535. The molecule has 2 aromatic rings. The summed E-state index contributed by atoms with van der Waals surface area (Å²) in [6.07, 6.45) is 4.39. The lowest BCUT2D eigenvalue weighted by Crippen LogP contribution is -2.53. The molecule has 1 aliphatic heterocycles. The summed E-state index contributed by atoms with van der Waals surface area (Å²) in [5.41, 5.74) is -0.0483. The molecule has 1 N–H and O–H groups in total. The Morgan fingerprint density at radius 1 is 1.29 bits per heavy atom. The maximum absolute atomic E-state index is 12.5. The number of carbonyl (C=O) groups excluding carboxylic acids is 1. The monoisotopic (exact) mass is 327 g/mol. The smallest absolute Gasteiger partial charge is 0.291 e. The standard InChI is InChI=1S/C18H21N3O3/c1-14-6-2-3-7-15(14)24-13-18(23)8-4-11-21(12-18)17(22)16-19-9-5-10-20-16/h2-3,5-7,9-10,23H,4,8,11-13H2,1H3/t18-/m0/s1. The van der Waals surface area contributed by atoms with Crippen LogP contribution in [0.5, 0.6) is 5.75 Å². The minimum Gasteiger partial charge on any atom is -0.490 e. The average molecular weight is 327 g/mol. The molecule has 1 fully saturated rings. The molecule has 0 radical (unpaired) electrons.